The van der Waals surface area contributed by atoms with Crippen molar-refractivity contribution in [3.8, 4) is 22.8 Å². The van der Waals surface area contributed by atoms with Gasteiger partial charge in [-0.2, -0.15) is 0 Å². The van der Waals surface area contributed by atoms with Gasteiger partial charge in [-0.1, -0.05) is 12.8 Å². The molecular weight excluding hydrogens is 406 g/mol. The quantitative estimate of drug-likeness (QED) is 0.602. The average Bonchev–Trinajstić information content (AvgIpc) is 3.32. The highest BCUT2D eigenvalue weighted by Gasteiger charge is 2.24. The van der Waals surface area contributed by atoms with Crippen molar-refractivity contribution < 1.29 is 14.3 Å². The van der Waals surface area contributed by atoms with Crippen molar-refractivity contribution in [2.75, 3.05) is 5.32 Å². The molecule has 0 saturated heterocycles. The number of imide groups is 1. The molecule has 0 aromatic carbocycles. The van der Waals surface area contributed by atoms with Crippen molar-refractivity contribution in [2.45, 2.75) is 39.5 Å². The van der Waals surface area contributed by atoms with Gasteiger partial charge in [-0.3, -0.25) is 25.4 Å². The second-order valence-corrected chi connectivity index (χ2v) is 7.87. The summed E-state index contributed by atoms with van der Waals surface area (Å²) in [5.41, 5.74) is 3.18. The summed E-state index contributed by atoms with van der Waals surface area (Å²) in [5, 5.41) is 5.01. The van der Waals surface area contributed by atoms with Crippen LogP contribution in [0.3, 0.4) is 0 Å². The molecule has 1 aliphatic rings. The molecule has 0 unspecified atom stereocenters. The molecule has 3 aromatic heterocycles. The van der Waals surface area contributed by atoms with Gasteiger partial charge in [0.1, 0.15) is 17.3 Å². The molecule has 32 heavy (non-hydrogen) atoms. The Morgan fingerprint density at radius 1 is 1.03 bits per heavy atom. The molecule has 0 radical (unpaired) electrons. The zero-order chi connectivity index (χ0) is 22.5. The molecular formula is C24H25N5O3. The standard InChI is InChI=1S/C24H25N5O3/c1-15-7-8-18(14-26-15)20-13-19(11-12-25-20)32-21-9-10-22(27-16(21)2)28-24(31)29-23(30)17-5-3-4-6-17/h7-14,17H,3-6H2,1-2H3,(H2,27,28,29,30,31). The highest BCUT2D eigenvalue weighted by Crippen LogP contribution is 2.28. The molecule has 1 aliphatic carbocycles. The fourth-order valence-corrected chi connectivity index (χ4v) is 3.65. The third-order valence-corrected chi connectivity index (χ3v) is 5.41. The number of aromatic nitrogens is 3. The Kier molecular flexibility index (Phi) is 6.39. The molecule has 4 rings (SSSR count). The number of hydrogen-bond donors (Lipinski definition) is 2. The summed E-state index contributed by atoms with van der Waals surface area (Å²) >= 11 is 0. The first kappa shape index (κ1) is 21.4. The van der Waals surface area contributed by atoms with Crippen molar-refractivity contribution in [3.05, 3.63) is 60.2 Å². The number of urea groups is 1. The predicted octanol–water partition coefficient (Wildman–Crippen LogP) is 4.79. The topological polar surface area (TPSA) is 106 Å². The Bertz CT molecular complexity index is 1120. The van der Waals surface area contributed by atoms with Gasteiger partial charge in [-0.05, 0) is 57.0 Å². The third-order valence-electron chi connectivity index (χ3n) is 5.41. The summed E-state index contributed by atoms with van der Waals surface area (Å²) in [6.45, 7) is 3.72. The van der Waals surface area contributed by atoms with Crippen molar-refractivity contribution in [2.24, 2.45) is 5.92 Å². The van der Waals surface area contributed by atoms with Crippen molar-refractivity contribution >= 4 is 17.8 Å². The van der Waals surface area contributed by atoms with Gasteiger partial charge in [-0.25, -0.2) is 9.78 Å². The molecule has 1 saturated carbocycles. The number of anilines is 1. The van der Waals surface area contributed by atoms with Crippen molar-refractivity contribution in [3.63, 3.8) is 0 Å². The Balaban J connectivity index is 1.40. The van der Waals surface area contributed by atoms with Crippen LogP contribution in [0, 0.1) is 19.8 Å². The number of amides is 3. The normalized spacial score (nSPS) is 13.6. The second-order valence-electron chi connectivity index (χ2n) is 7.87. The highest BCUT2D eigenvalue weighted by atomic mass is 16.5. The van der Waals surface area contributed by atoms with Crippen molar-refractivity contribution in [1.82, 2.24) is 20.3 Å². The lowest BCUT2D eigenvalue weighted by atomic mass is 10.1. The summed E-state index contributed by atoms with van der Waals surface area (Å²) in [6, 6.07) is 10.3. The fourth-order valence-electron chi connectivity index (χ4n) is 3.65. The van der Waals surface area contributed by atoms with E-state index in [-0.39, 0.29) is 11.8 Å². The van der Waals surface area contributed by atoms with Gasteiger partial charge < -0.3 is 4.74 Å². The number of nitrogens with one attached hydrogen (secondary N) is 2. The maximum Gasteiger partial charge on any atom is 0.327 e. The summed E-state index contributed by atoms with van der Waals surface area (Å²) in [5.74, 6) is 1.20. The lowest BCUT2D eigenvalue weighted by molar-refractivity contribution is -0.123. The summed E-state index contributed by atoms with van der Waals surface area (Å²) in [7, 11) is 0. The van der Waals surface area contributed by atoms with E-state index < -0.39 is 6.03 Å². The van der Waals surface area contributed by atoms with Gasteiger partial charge in [-0.15, -0.1) is 0 Å². The van der Waals surface area contributed by atoms with Gasteiger partial charge in [0.2, 0.25) is 5.91 Å². The number of carbonyl (C=O) groups excluding carboxylic acids is 2. The second kappa shape index (κ2) is 9.55. The first-order chi connectivity index (χ1) is 15.5. The molecule has 0 atom stereocenters. The first-order valence-corrected chi connectivity index (χ1v) is 10.6. The minimum Gasteiger partial charge on any atom is -0.455 e. The molecule has 3 amide bonds. The monoisotopic (exact) mass is 431 g/mol. The number of carbonyl (C=O) groups is 2. The Hall–Kier alpha value is -3.81. The molecule has 1 fully saturated rings. The number of ether oxygens (including phenoxy) is 1. The summed E-state index contributed by atoms with van der Waals surface area (Å²) < 4.78 is 5.98. The van der Waals surface area contributed by atoms with Gasteiger partial charge >= 0.3 is 6.03 Å². The molecule has 8 heteroatoms. The van der Waals surface area contributed by atoms with Crippen LogP contribution >= 0.6 is 0 Å². The number of pyridine rings is 3. The average molecular weight is 431 g/mol. The molecule has 164 valence electrons. The largest absolute Gasteiger partial charge is 0.455 e. The Morgan fingerprint density at radius 3 is 2.56 bits per heavy atom. The van der Waals surface area contributed by atoms with E-state index in [1.165, 1.54) is 0 Å². The molecule has 0 aliphatic heterocycles. The smallest absolute Gasteiger partial charge is 0.327 e. The number of aryl methyl sites for hydroxylation is 2. The molecule has 0 bridgehead atoms. The van der Waals surface area contributed by atoms with Crippen molar-refractivity contribution in [1.29, 1.82) is 0 Å². The Labute approximate surface area is 186 Å². The maximum atomic E-state index is 12.1. The van der Waals surface area contributed by atoms with Crippen LogP contribution in [0.15, 0.2) is 48.8 Å². The highest BCUT2D eigenvalue weighted by molar-refractivity contribution is 6.01. The zero-order valence-corrected chi connectivity index (χ0v) is 18.1. The van der Waals surface area contributed by atoms with Crippen LogP contribution in [0.25, 0.3) is 11.3 Å². The Morgan fingerprint density at radius 2 is 1.84 bits per heavy atom. The van der Waals surface area contributed by atoms with E-state index in [4.69, 9.17) is 4.74 Å². The van der Waals surface area contributed by atoms with Gasteiger partial charge in [0.25, 0.3) is 0 Å². The predicted molar refractivity (Wildman–Crippen MR) is 120 cm³/mol. The first-order valence-electron chi connectivity index (χ1n) is 10.6. The fraction of sp³-hybridized carbons (Fsp3) is 0.292. The van der Waals surface area contributed by atoms with Crippen LogP contribution in [0.5, 0.6) is 11.5 Å². The maximum absolute atomic E-state index is 12.1. The number of rotatable bonds is 5. The zero-order valence-electron chi connectivity index (χ0n) is 18.1. The molecule has 0 spiro atoms. The van der Waals surface area contributed by atoms with Gasteiger partial charge in [0.05, 0.1) is 11.4 Å². The lowest BCUT2D eigenvalue weighted by Gasteiger charge is -2.12. The van der Waals surface area contributed by atoms with Crippen LogP contribution in [0.2, 0.25) is 0 Å². The van der Waals surface area contributed by atoms with E-state index in [1.807, 2.05) is 25.1 Å². The SMILES string of the molecule is Cc1ccc(-c2cc(Oc3ccc(NC(=O)NC(=O)C4CCCC4)nc3C)ccn2)cn1. The molecule has 3 heterocycles. The van der Waals surface area contributed by atoms with Crippen LogP contribution in [-0.2, 0) is 4.79 Å². The van der Waals surface area contributed by atoms with Gasteiger partial charge in [0, 0.05) is 35.6 Å². The number of hydrogen-bond acceptors (Lipinski definition) is 6. The van der Waals surface area contributed by atoms with Crippen LogP contribution in [0.4, 0.5) is 10.6 Å². The van der Waals surface area contributed by atoms with E-state index in [9.17, 15) is 9.59 Å². The summed E-state index contributed by atoms with van der Waals surface area (Å²) in [6.07, 6.45) is 7.18. The lowest BCUT2D eigenvalue weighted by Crippen LogP contribution is -2.38. The minimum atomic E-state index is -0.576. The van der Waals surface area contributed by atoms with Crippen LogP contribution in [0.1, 0.15) is 37.1 Å². The summed E-state index contributed by atoms with van der Waals surface area (Å²) in [4.78, 5) is 37.3. The van der Waals surface area contributed by atoms with E-state index in [0.29, 0.717) is 23.0 Å². The van der Waals surface area contributed by atoms with E-state index in [0.717, 1.165) is 42.6 Å². The minimum absolute atomic E-state index is 0.0767. The molecule has 8 nitrogen and oxygen atoms in total. The van der Waals surface area contributed by atoms with Crippen LogP contribution in [-0.4, -0.2) is 26.9 Å². The molecule has 2 N–H and O–H groups in total. The number of nitrogens with zero attached hydrogens (tertiary/aromatic N) is 3. The van der Waals surface area contributed by atoms with E-state index in [2.05, 4.69) is 25.6 Å². The van der Waals surface area contributed by atoms with Gasteiger partial charge in [0.15, 0.2) is 0 Å². The van der Waals surface area contributed by atoms with E-state index in [1.54, 1.807) is 37.5 Å². The van der Waals surface area contributed by atoms with E-state index >= 15 is 0 Å². The third kappa shape index (κ3) is 5.26. The van der Waals surface area contributed by atoms with Crippen LogP contribution < -0.4 is 15.4 Å². The molecule has 3 aromatic rings.